The number of hydrogen-bond donors (Lipinski definition) is 0. The molecule has 144 valence electrons. The van der Waals surface area contributed by atoms with Crippen LogP contribution in [-0.4, -0.2) is 9.97 Å². The van der Waals surface area contributed by atoms with Crippen LogP contribution in [0.1, 0.15) is 5.56 Å². The first-order chi connectivity index (χ1) is 14.0. The number of benzene rings is 3. The van der Waals surface area contributed by atoms with Gasteiger partial charge in [0.2, 0.25) is 0 Å². The molecule has 8 heteroatoms. The number of halogens is 2. The molecule has 2 aromatic heterocycles. The molecule has 0 bridgehead atoms. The van der Waals surface area contributed by atoms with Gasteiger partial charge in [0.25, 0.3) is 10.4 Å². The average molecular weight is 459 g/mol. The third-order valence-corrected chi connectivity index (χ3v) is 6.39. The van der Waals surface area contributed by atoms with Crippen LogP contribution in [0.5, 0.6) is 21.9 Å². The van der Waals surface area contributed by atoms with Gasteiger partial charge in [0.05, 0.1) is 20.4 Å². The van der Waals surface area contributed by atoms with Gasteiger partial charge in [-0.3, -0.25) is 0 Å². The van der Waals surface area contributed by atoms with Crippen molar-refractivity contribution < 1.29 is 9.47 Å². The zero-order chi connectivity index (χ0) is 20.0. The first kappa shape index (κ1) is 18.6. The second kappa shape index (κ2) is 7.46. The molecule has 0 unspecified atom stereocenters. The van der Waals surface area contributed by atoms with E-state index in [1.807, 2.05) is 61.5 Å². The lowest BCUT2D eigenvalue weighted by atomic mass is 10.2. The predicted molar refractivity (Wildman–Crippen MR) is 121 cm³/mol. The van der Waals surface area contributed by atoms with Crippen LogP contribution in [0.4, 0.5) is 0 Å². The summed E-state index contributed by atoms with van der Waals surface area (Å²) in [4.78, 5) is 8.99. The largest absolute Gasteiger partial charge is 0.431 e. The van der Waals surface area contributed by atoms with Crippen molar-refractivity contribution in [3.63, 3.8) is 0 Å². The van der Waals surface area contributed by atoms with Crippen LogP contribution >= 0.6 is 45.9 Å². The zero-order valence-electron chi connectivity index (χ0n) is 15.0. The lowest BCUT2D eigenvalue weighted by Gasteiger charge is -2.07. The van der Waals surface area contributed by atoms with Crippen molar-refractivity contribution in [1.29, 1.82) is 0 Å². The molecular formula is C21H12Cl2N2O2S2. The van der Waals surface area contributed by atoms with Crippen molar-refractivity contribution >= 4 is 66.3 Å². The number of aromatic nitrogens is 2. The third-order valence-electron chi connectivity index (χ3n) is 4.09. The first-order valence-corrected chi connectivity index (χ1v) is 11.0. The lowest BCUT2D eigenvalue weighted by Crippen LogP contribution is -1.88. The number of thiazole rings is 2. The van der Waals surface area contributed by atoms with Crippen LogP contribution in [0.2, 0.25) is 10.0 Å². The van der Waals surface area contributed by atoms with E-state index in [1.54, 1.807) is 0 Å². The molecule has 4 nitrogen and oxygen atoms in total. The Morgan fingerprint density at radius 2 is 1.17 bits per heavy atom. The second-order valence-corrected chi connectivity index (χ2v) is 9.23. The Hall–Kier alpha value is -2.38. The van der Waals surface area contributed by atoms with Crippen LogP contribution in [-0.2, 0) is 0 Å². The van der Waals surface area contributed by atoms with Crippen LogP contribution in [0.3, 0.4) is 0 Å². The summed E-state index contributed by atoms with van der Waals surface area (Å²) in [5.74, 6) is 1.30. The molecule has 0 atom stereocenters. The number of hydrogen-bond acceptors (Lipinski definition) is 6. The van der Waals surface area contributed by atoms with Gasteiger partial charge in [0.15, 0.2) is 0 Å². The smallest absolute Gasteiger partial charge is 0.279 e. The maximum atomic E-state index is 6.04. The highest BCUT2D eigenvalue weighted by Crippen LogP contribution is 2.37. The molecule has 0 spiro atoms. The topological polar surface area (TPSA) is 44.2 Å². The van der Waals surface area contributed by atoms with Gasteiger partial charge in [0.1, 0.15) is 11.5 Å². The van der Waals surface area contributed by atoms with Gasteiger partial charge in [-0.2, -0.15) is 0 Å². The number of fused-ring (bicyclic) bond motifs is 2. The highest BCUT2D eigenvalue weighted by atomic mass is 35.5. The molecule has 0 aliphatic carbocycles. The summed E-state index contributed by atoms with van der Waals surface area (Å²) in [5.41, 5.74) is 2.63. The lowest BCUT2D eigenvalue weighted by molar-refractivity contribution is 0.457. The first-order valence-electron chi connectivity index (χ1n) is 8.61. The SMILES string of the molecule is Cc1cc(Oc2nc3cc(Cl)ccc3s2)cc(Oc2nc3cc(Cl)ccc3s2)c1. The second-order valence-electron chi connectivity index (χ2n) is 6.37. The van der Waals surface area contributed by atoms with Crippen LogP contribution in [0, 0.1) is 6.92 Å². The Kier molecular flexibility index (Phi) is 4.80. The number of rotatable bonds is 4. The Labute approximate surface area is 184 Å². The fourth-order valence-electron chi connectivity index (χ4n) is 2.88. The monoisotopic (exact) mass is 458 g/mol. The van der Waals surface area contributed by atoms with Gasteiger partial charge >= 0.3 is 0 Å². The molecule has 0 aliphatic rings. The summed E-state index contributed by atoms with van der Waals surface area (Å²) in [5, 5.41) is 2.40. The number of aryl methyl sites for hydroxylation is 1. The molecule has 0 aliphatic heterocycles. The standard InChI is InChI=1S/C21H12Cl2N2O2S2/c1-11-6-14(26-20-24-16-8-12(22)2-4-18(16)28-20)10-15(7-11)27-21-25-17-9-13(23)3-5-19(17)29-21/h2-10H,1H3. The molecular weight excluding hydrogens is 447 g/mol. The highest BCUT2D eigenvalue weighted by molar-refractivity contribution is 7.20. The van der Waals surface area contributed by atoms with Crippen molar-refractivity contribution in [3.05, 3.63) is 70.2 Å². The highest BCUT2D eigenvalue weighted by Gasteiger charge is 2.11. The summed E-state index contributed by atoms with van der Waals surface area (Å²) < 4.78 is 14.0. The van der Waals surface area contributed by atoms with Crippen LogP contribution in [0.25, 0.3) is 20.4 Å². The maximum absolute atomic E-state index is 6.04. The number of nitrogens with zero attached hydrogens (tertiary/aromatic N) is 2. The normalized spacial score (nSPS) is 11.3. The molecule has 5 rings (SSSR count). The van der Waals surface area contributed by atoms with Gasteiger partial charge in [-0.15, -0.1) is 0 Å². The van der Waals surface area contributed by atoms with Crippen molar-refractivity contribution in [2.75, 3.05) is 0 Å². The Morgan fingerprint density at radius 1 is 0.690 bits per heavy atom. The summed E-state index contributed by atoms with van der Waals surface area (Å²) >= 11 is 15.0. The quantitative estimate of drug-likeness (QED) is 0.272. The zero-order valence-corrected chi connectivity index (χ0v) is 18.1. The minimum absolute atomic E-state index is 0.549. The average Bonchev–Trinajstić information content (AvgIpc) is 3.22. The van der Waals surface area contributed by atoms with E-state index >= 15 is 0 Å². The van der Waals surface area contributed by atoms with Crippen molar-refractivity contribution in [1.82, 2.24) is 9.97 Å². The van der Waals surface area contributed by atoms with Gasteiger partial charge < -0.3 is 9.47 Å². The maximum Gasteiger partial charge on any atom is 0.279 e. The fraction of sp³-hybridized carbons (Fsp3) is 0.0476. The Bertz CT molecular complexity index is 1260. The summed E-state index contributed by atoms with van der Waals surface area (Å²) in [7, 11) is 0. The van der Waals surface area contributed by atoms with Crippen molar-refractivity contribution in [3.8, 4) is 21.9 Å². The van der Waals surface area contributed by atoms with Gasteiger partial charge in [-0.05, 0) is 61.0 Å². The van der Waals surface area contributed by atoms with Crippen LogP contribution in [0.15, 0.2) is 54.6 Å². The molecule has 0 fully saturated rings. The Morgan fingerprint density at radius 3 is 1.66 bits per heavy atom. The van der Waals surface area contributed by atoms with Crippen molar-refractivity contribution in [2.45, 2.75) is 6.92 Å². The Balaban J connectivity index is 1.42. The molecule has 0 radical (unpaired) electrons. The summed E-state index contributed by atoms with van der Waals surface area (Å²) in [6.45, 7) is 1.98. The van der Waals surface area contributed by atoms with Gasteiger partial charge in [-0.25, -0.2) is 9.97 Å². The van der Waals surface area contributed by atoms with Crippen molar-refractivity contribution in [2.24, 2.45) is 0 Å². The van der Waals surface area contributed by atoms with E-state index in [4.69, 9.17) is 32.7 Å². The molecule has 5 aromatic rings. The summed E-state index contributed by atoms with van der Waals surface area (Å²) in [6, 6.07) is 16.9. The fourth-order valence-corrected chi connectivity index (χ4v) is 4.84. The van der Waals surface area contributed by atoms with Gasteiger partial charge in [-0.1, -0.05) is 45.9 Å². The molecule has 2 heterocycles. The van der Waals surface area contributed by atoms with E-state index in [2.05, 4.69) is 9.97 Å². The van der Waals surface area contributed by atoms with E-state index in [0.717, 1.165) is 26.0 Å². The minimum Gasteiger partial charge on any atom is -0.431 e. The molecule has 0 saturated carbocycles. The molecule has 0 saturated heterocycles. The van der Waals surface area contributed by atoms with E-state index in [9.17, 15) is 0 Å². The minimum atomic E-state index is 0.549. The van der Waals surface area contributed by atoms with E-state index in [1.165, 1.54) is 22.7 Å². The molecule has 0 amide bonds. The van der Waals surface area contributed by atoms with Crippen LogP contribution < -0.4 is 9.47 Å². The molecule has 3 aromatic carbocycles. The van der Waals surface area contributed by atoms with Gasteiger partial charge in [0, 0.05) is 16.1 Å². The predicted octanol–water partition coefficient (Wildman–Crippen LogP) is 8.11. The number of ether oxygens (including phenoxy) is 2. The third kappa shape index (κ3) is 4.02. The summed E-state index contributed by atoms with van der Waals surface area (Å²) in [6.07, 6.45) is 0. The van der Waals surface area contributed by atoms with E-state index in [-0.39, 0.29) is 0 Å². The van der Waals surface area contributed by atoms with E-state index in [0.29, 0.717) is 31.9 Å². The van der Waals surface area contributed by atoms with E-state index < -0.39 is 0 Å². The molecule has 29 heavy (non-hydrogen) atoms. The molecule has 0 N–H and O–H groups in total.